The predicted octanol–water partition coefficient (Wildman–Crippen LogP) is 25.5. The fourth-order valence-corrected chi connectivity index (χ4v) is 13.8. The third-order valence-electron chi connectivity index (χ3n) is 17.5. The second-order valence-electron chi connectivity index (χ2n) is 25.5. The molecular weight excluding hydrogens is 2060 g/mol. The Morgan fingerprint density at radius 1 is 0.382 bits per heavy atom. The number of carbonyl (C=O) groups is 6. The first-order valence-electron chi connectivity index (χ1n) is 32.8. The molecule has 123 heavy (non-hydrogen) atoms. The molecule has 1 heterocycles. The number of amides is 3. The van der Waals surface area contributed by atoms with Crippen LogP contribution in [0.4, 0.5) is 162 Å². The minimum absolute atomic E-state index is 0.00873. The van der Waals surface area contributed by atoms with E-state index in [4.69, 9.17) is 11.6 Å². The Bertz CT molecular complexity index is 5460. The monoisotopic (exact) mass is 2100 g/mol. The summed E-state index contributed by atoms with van der Waals surface area (Å²) in [6.45, 7) is 0. The van der Waals surface area contributed by atoms with Crippen molar-refractivity contribution in [1.29, 1.82) is 0 Å². The molecule has 0 saturated carbocycles. The van der Waals surface area contributed by atoms with E-state index in [0.717, 1.165) is 137 Å². The number of aromatic nitrogens is 1. The number of halogens is 37. The molecule has 0 aliphatic rings. The summed E-state index contributed by atoms with van der Waals surface area (Å²) >= 11 is 10.2. The van der Waals surface area contributed by atoms with Crippen molar-refractivity contribution in [3.05, 3.63) is 288 Å². The summed E-state index contributed by atoms with van der Waals surface area (Å²) in [4.78, 5) is 81.7. The molecular formula is C76H41BrClF33I2N4O6. The van der Waals surface area contributed by atoms with Crippen LogP contribution < -0.4 is 15.1 Å². The Labute approximate surface area is 708 Å². The summed E-state index contributed by atoms with van der Waals surface area (Å²) in [5, 5.41) is 2.27. The van der Waals surface area contributed by atoms with Crippen LogP contribution in [-0.2, 0) is 54.8 Å². The molecule has 0 unspecified atom stereocenters. The second-order valence-corrected chi connectivity index (χ2v) is 29.0. The Kier molecular flexibility index (Phi) is 30.0. The molecule has 47 heteroatoms. The summed E-state index contributed by atoms with van der Waals surface area (Å²) in [7, 11) is 2.23. The van der Waals surface area contributed by atoms with Crippen molar-refractivity contribution in [1.82, 2.24) is 4.98 Å². The van der Waals surface area contributed by atoms with Gasteiger partial charge in [-0.25, -0.2) is 31.3 Å². The van der Waals surface area contributed by atoms with Crippen LogP contribution in [0, 0.1) is 24.6 Å². The zero-order valence-electron chi connectivity index (χ0n) is 60.1. The van der Waals surface area contributed by atoms with Crippen LogP contribution >= 0.6 is 72.7 Å². The van der Waals surface area contributed by atoms with Gasteiger partial charge in [-0.05, 0) is 183 Å². The van der Waals surface area contributed by atoms with Crippen molar-refractivity contribution in [2.45, 2.75) is 91.9 Å². The molecule has 0 saturated heterocycles. The van der Waals surface area contributed by atoms with Crippen LogP contribution in [0.5, 0.6) is 0 Å². The number of nitrogens with zero attached hydrogens (tertiary/aromatic N) is 3. The van der Waals surface area contributed by atoms with Crippen molar-refractivity contribution in [3.8, 4) is 0 Å². The Hall–Kier alpha value is -9.75. The van der Waals surface area contributed by atoms with Gasteiger partial charge in [0.25, 0.3) is 17.7 Å². The van der Waals surface area contributed by atoms with Gasteiger partial charge >= 0.3 is 72.6 Å². The van der Waals surface area contributed by atoms with Crippen LogP contribution in [0.3, 0.4) is 0 Å². The van der Waals surface area contributed by atoms with Crippen molar-refractivity contribution in [2.75, 3.05) is 29.2 Å². The molecule has 8 aromatic carbocycles. The van der Waals surface area contributed by atoms with Crippen molar-refractivity contribution >= 4 is 125 Å². The maximum Gasteiger partial charge on any atom is 0.435 e. The summed E-state index contributed by atoms with van der Waals surface area (Å²) in [6.07, 6.45) is -59.5. The number of pyridine rings is 1. The van der Waals surface area contributed by atoms with E-state index in [-0.39, 0.29) is 51.3 Å². The number of carbonyl (C=O) groups excluding carboxylic acids is 6. The number of alkyl halides is 30. The molecule has 10 nitrogen and oxygen atoms in total. The van der Waals surface area contributed by atoms with Gasteiger partial charge in [-0.1, -0.05) is 70.0 Å². The number of anilines is 3. The normalized spacial score (nSPS) is 12.8. The van der Waals surface area contributed by atoms with E-state index in [9.17, 15) is 165 Å². The highest BCUT2D eigenvalue weighted by Crippen LogP contribution is 2.58. The standard InChI is InChI=1S/C26H15BrF11NO2.C26H14F12INO2.C24H12ClF10IN2O2/c1-39(22(41)13-6-3-2-4-7-13)19-9-5-8-15(21(19)28)20(40)12-16-17(24(30,31)32)10-14(11-18(16)27)23(29,25(33,34)35)26(36,37)38;1-40(22(42)12-5-7-14(27)8-6-12)19-4-2-3-15(21(19)28)20(41)11-16-17(24(30,31)32)9-13(10-18(16)39)23(29,25(33,34)35)26(36,37)38;25-19-14(5-2-6-37-19)20(40)38-13-4-1-3-11(7-13)18(39)10-15-16(22(27,28)29)8-12(9-17(15)36)21(26,23(30,31)32)24(33,34)35/h2-11H,12H2,1H3;2-10H,11H2,1H3;1-9H,10H2,(H,38,40). The third-order valence-corrected chi connectivity index (χ3v) is 20.4. The quantitative estimate of drug-likeness (QED) is 0.0391. The summed E-state index contributed by atoms with van der Waals surface area (Å²) in [6, 6.07) is 22.8. The van der Waals surface area contributed by atoms with Gasteiger partial charge in [0.05, 0.1) is 44.8 Å². The number of rotatable bonds is 18. The average molecular weight is 2100 g/mol. The van der Waals surface area contributed by atoms with E-state index in [0.29, 0.717) is 4.90 Å². The molecule has 0 aliphatic carbocycles. The molecule has 3 amide bonds. The topological polar surface area (TPSA) is 134 Å². The highest BCUT2D eigenvalue weighted by molar-refractivity contribution is 14.1. The Balaban J connectivity index is 0.000000254. The predicted molar refractivity (Wildman–Crippen MR) is 391 cm³/mol. The zero-order chi connectivity index (χ0) is 93.4. The highest BCUT2D eigenvalue weighted by atomic mass is 127. The molecule has 0 aliphatic heterocycles. The van der Waals surface area contributed by atoms with Gasteiger partial charge < -0.3 is 15.1 Å². The lowest BCUT2D eigenvalue weighted by Crippen LogP contribution is -2.50. The zero-order valence-corrected chi connectivity index (χ0v) is 66.7. The first kappa shape index (κ1) is 100. The molecule has 9 aromatic rings. The number of ketones is 3. The lowest BCUT2D eigenvalue weighted by atomic mass is 9.89. The van der Waals surface area contributed by atoms with Crippen LogP contribution in [-0.4, -0.2) is 91.2 Å². The minimum Gasteiger partial charge on any atom is -0.322 e. The van der Waals surface area contributed by atoms with Crippen LogP contribution in [0.15, 0.2) is 174 Å². The Morgan fingerprint density at radius 2 is 0.715 bits per heavy atom. The number of hydrogen-bond acceptors (Lipinski definition) is 7. The first-order valence-corrected chi connectivity index (χ1v) is 36.1. The van der Waals surface area contributed by atoms with Gasteiger partial charge in [-0.3, -0.25) is 28.8 Å². The number of benzene rings is 8. The van der Waals surface area contributed by atoms with Crippen LogP contribution in [0.25, 0.3) is 0 Å². The fraction of sp³-hybridized carbons (Fsp3) is 0.224. The SMILES string of the molecule is CN(C(=O)c1ccc(F)cc1)c1cccc(C(=O)Cc2c(I)cc(C(F)(C(F)(F)F)C(F)(F)F)cc2C(F)(F)F)c1F.CN(C(=O)c1ccccc1)c1cccc(C(=O)Cc2c(Br)cc(C(F)(C(F)(F)F)C(F)(F)F)cc2C(F)(F)F)c1F.O=C(Cc1c(I)cc(C(F)(C(F)(F)F)C(F)(F)F)cc1C(F)(F)F)c1cccc(NC(=O)c2cccnc2Cl)c1. The highest BCUT2D eigenvalue weighted by Gasteiger charge is 2.76. The molecule has 0 bridgehead atoms. The summed E-state index contributed by atoms with van der Waals surface area (Å²) < 4.78 is 446. The fourth-order valence-electron chi connectivity index (χ4n) is 11.3. The smallest absolute Gasteiger partial charge is 0.322 e. The van der Waals surface area contributed by atoms with E-state index < -0.39 is 247 Å². The lowest BCUT2D eigenvalue weighted by Gasteiger charge is -2.31. The largest absolute Gasteiger partial charge is 0.435 e. The van der Waals surface area contributed by atoms with Gasteiger partial charge in [0.15, 0.2) is 29.0 Å². The van der Waals surface area contributed by atoms with E-state index in [1.54, 1.807) is 6.07 Å². The number of hydrogen-bond donors (Lipinski definition) is 1. The van der Waals surface area contributed by atoms with Gasteiger partial charge in [0.1, 0.15) is 11.0 Å². The van der Waals surface area contributed by atoms with E-state index in [1.807, 2.05) is 0 Å². The second kappa shape index (κ2) is 36.8. The molecule has 1 N–H and O–H groups in total. The molecule has 660 valence electrons. The third kappa shape index (κ3) is 21.6. The first-order chi connectivity index (χ1) is 56.1. The van der Waals surface area contributed by atoms with Gasteiger partial charge in [-0.15, -0.1) is 0 Å². The van der Waals surface area contributed by atoms with Crippen LogP contribution in [0.1, 0.15) is 112 Å². The summed E-state index contributed by atoms with van der Waals surface area (Å²) in [5.74, 6) is -9.53. The molecule has 9 rings (SSSR count). The number of Topliss-reactive ketones (excluding diaryl/α,β-unsaturated/α-hetero) is 3. The lowest BCUT2D eigenvalue weighted by molar-refractivity contribution is -0.349. The van der Waals surface area contributed by atoms with E-state index >= 15 is 8.78 Å². The Morgan fingerprint density at radius 3 is 1.09 bits per heavy atom. The average Bonchev–Trinajstić information content (AvgIpc) is 0.741. The molecule has 0 fully saturated rings. The number of nitrogens with one attached hydrogen (secondary N) is 1. The maximum absolute atomic E-state index is 15.3. The van der Waals surface area contributed by atoms with Gasteiger partial charge in [0.2, 0.25) is 0 Å². The molecule has 0 spiro atoms. The molecule has 0 atom stereocenters. The molecule has 0 radical (unpaired) electrons. The van der Waals surface area contributed by atoms with Crippen molar-refractivity contribution < 1.29 is 174 Å². The van der Waals surface area contributed by atoms with Crippen molar-refractivity contribution in [2.24, 2.45) is 0 Å². The van der Waals surface area contributed by atoms with Gasteiger partial charge in [0, 0.05) is 90.2 Å². The van der Waals surface area contributed by atoms with E-state index in [1.165, 1.54) is 54.7 Å². The maximum atomic E-state index is 15.3. The van der Waals surface area contributed by atoms with Gasteiger partial charge in [-0.2, -0.15) is 119 Å². The minimum atomic E-state index is -6.70. The molecule has 1 aromatic heterocycles. The van der Waals surface area contributed by atoms with E-state index in [2.05, 4.69) is 26.2 Å². The van der Waals surface area contributed by atoms with Crippen molar-refractivity contribution in [3.63, 3.8) is 0 Å². The summed E-state index contributed by atoms with van der Waals surface area (Å²) in [5.41, 5.74) is -38.2. The van der Waals surface area contributed by atoms with Crippen LogP contribution in [0.2, 0.25) is 5.15 Å².